The van der Waals surface area contributed by atoms with E-state index in [9.17, 15) is 4.79 Å². The fourth-order valence-electron chi connectivity index (χ4n) is 4.63. The molecule has 1 amide bonds. The molecule has 0 N–H and O–H groups in total. The molecule has 1 aromatic heterocycles. The van der Waals surface area contributed by atoms with Crippen LogP contribution in [0.3, 0.4) is 0 Å². The first-order valence-electron chi connectivity index (χ1n) is 9.90. The van der Waals surface area contributed by atoms with Gasteiger partial charge in [-0.2, -0.15) is 5.10 Å². The van der Waals surface area contributed by atoms with Crippen molar-refractivity contribution < 1.29 is 14.3 Å². The number of carbonyl (C=O) groups is 1. The third-order valence-electron chi connectivity index (χ3n) is 6.01. The lowest BCUT2D eigenvalue weighted by molar-refractivity contribution is -0.136. The molecule has 0 unspecified atom stereocenters. The summed E-state index contributed by atoms with van der Waals surface area (Å²) in [6.45, 7) is 2.05. The van der Waals surface area contributed by atoms with E-state index in [4.69, 9.17) is 9.47 Å². The van der Waals surface area contributed by atoms with Crippen molar-refractivity contribution in [3.8, 4) is 17.2 Å². The number of amides is 1. The molecule has 0 bridgehead atoms. The van der Waals surface area contributed by atoms with Crippen LogP contribution in [0, 0.1) is 5.92 Å². The zero-order valence-corrected chi connectivity index (χ0v) is 15.3. The van der Waals surface area contributed by atoms with Gasteiger partial charge in [-0.1, -0.05) is 12.8 Å². The fraction of sp³-hybridized carbons (Fsp3) is 0.550. The number of hydrogen-bond acceptors (Lipinski definition) is 5. The highest BCUT2D eigenvalue weighted by molar-refractivity contribution is 5.80. The molecule has 2 aromatic rings. The van der Waals surface area contributed by atoms with Crippen LogP contribution < -0.4 is 9.47 Å². The summed E-state index contributed by atoms with van der Waals surface area (Å²) in [6, 6.07) is 5.79. The van der Waals surface area contributed by atoms with E-state index in [2.05, 4.69) is 10.1 Å². The van der Waals surface area contributed by atoms with Crippen LogP contribution in [0.5, 0.6) is 11.5 Å². The van der Waals surface area contributed by atoms with E-state index in [1.165, 1.54) is 0 Å². The van der Waals surface area contributed by atoms with Gasteiger partial charge in [0.2, 0.25) is 12.7 Å². The molecule has 27 heavy (non-hydrogen) atoms. The Hall–Kier alpha value is -2.57. The van der Waals surface area contributed by atoms with Gasteiger partial charge in [-0.25, -0.2) is 9.67 Å². The second-order valence-electron chi connectivity index (χ2n) is 7.60. The molecule has 7 nitrogen and oxygen atoms in total. The van der Waals surface area contributed by atoms with Gasteiger partial charge in [-0.3, -0.25) is 4.79 Å². The fourth-order valence-corrected chi connectivity index (χ4v) is 4.63. The predicted octanol–water partition coefficient (Wildman–Crippen LogP) is 2.89. The number of rotatable bonds is 3. The highest BCUT2D eigenvalue weighted by Gasteiger charge is 2.38. The number of nitrogens with zero attached hydrogens (tertiary/aromatic N) is 4. The molecule has 2 atom stereocenters. The molecule has 3 heterocycles. The summed E-state index contributed by atoms with van der Waals surface area (Å²) >= 11 is 0. The van der Waals surface area contributed by atoms with Gasteiger partial charge in [0.15, 0.2) is 11.5 Å². The Labute approximate surface area is 158 Å². The summed E-state index contributed by atoms with van der Waals surface area (Å²) in [5, 5.41) is 4.46. The number of ether oxygens (including phenoxy) is 2. The van der Waals surface area contributed by atoms with Gasteiger partial charge in [0.05, 0.1) is 5.69 Å². The molecule has 1 saturated heterocycles. The number of benzene rings is 1. The smallest absolute Gasteiger partial charge is 0.231 e. The molecule has 1 aliphatic carbocycles. The zero-order chi connectivity index (χ0) is 18.2. The summed E-state index contributed by atoms with van der Waals surface area (Å²) in [6.07, 6.45) is 7.99. The lowest BCUT2D eigenvalue weighted by atomic mass is 9.77. The minimum atomic E-state index is 0.00816. The van der Waals surface area contributed by atoms with Crippen LogP contribution in [0.1, 0.15) is 50.3 Å². The van der Waals surface area contributed by atoms with Gasteiger partial charge in [0, 0.05) is 31.0 Å². The number of likely N-dealkylation sites (tertiary alicyclic amines) is 1. The Morgan fingerprint density at radius 3 is 2.74 bits per heavy atom. The third-order valence-corrected chi connectivity index (χ3v) is 6.01. The summed E-state index contributed by atoms with van der Waals surface area (Å²) in [7, 11) is 0. The molecule has 2 fully saturated rings. The second kappa shape index (κ2) is 6.87. The molecule has 7 heteroatoms. The normalized spacial score (nSPS) is 24.4. The molecule has 1 saturated carbocycles. The van der Waals surface area contributed by atoms with Gasteiger partial charge in [-0.05, 0) is 37.8 Å². The van der Waals surface area contributed by atoms with Crippen LogP contribution in [0.2, 0.25) is 0 Å². The van der Waals surface area contributed by atoms with Crippen LogP contribution >= 0.6 is 0 Å². The van der Waals surface area contributed by atoms with Crippen molar-refractivity contribution in [3.05, 3.63) is 30.4 Å². The highest BCUT2D eigenvalue weighted by Crippen LogP contribution is 2.40. The first kappa shape index (κ1) is 16.6. The van der Waals surface area contributed by atoms with Crippen LogP contribution in [-0.4, -0.2) is 45.5 Å². The van der Waals surface area contributed by atoms with Gasteiger partial charge >= 0.3 is 0 Å². The minimum Gasteiger partial charge on any atom is -0.454 e. The molecule has 1 aromatic carbocycles. The average Bonchev–Trinajstić information content (AvgIpc) is 3.48. The second-order valence-corrected chi connectivity index (χ2v) is 7.60. The standard InChI is InChI=1S/C20H24N4O3/c25-20(23-9-3-4-10-23)16-6-2-1-5-15(16)19-21-12-22-24(19)14-7-8-17-18(11-14)27-13-26-17/h7-8,11-12,15-16H,1-6,9-10,13H2/t15-,16+/m0/s1. The first-order valence-corrected chi connectivity index (χ1v) is 9.90. The van der Waals surface area contributed by atoms with Crippen LogP contribution in [0.25, 0.3) is 5.69 Å². The first-order chi connectivity index (χ1) is 13.3. The lowest BCUT2D eigenvalue weighted by Gasteiger charge is -2.32. The molecule has 2 aliphatic heterocycles. The molecular weight excluding hydrogens is 344 g/mol. The van der Waals surface area contributed by atoms with Crippen molar-refractivity contribution in [2.24, 2.45) is 5.92 Å². The predicted molar refractivity (Wildman–Crippen MR) is 98.0 cm³/mol. The van der Waals surface area contributed by atoms with Crippen LogP contribution in [-0.2, 0) is 4.79 Å². The Morgan fingerprint density at radius 2 is 1.85 bits per heavy atom. The summed E-state index contributed by atoms with van der Waals surface area (Å²) in [5.74, 6) is 2.78. The quantitative estimate of drug-likeness (QED) is 0.833. The Kier molecular flexibility index (Phi) is 4.22. The number of aromatic nitrogens is 3. The zero-order valence-electron chi connectivity index (χ0n) is 15.3. The number of carbonyl (C=O) groups excluding carboxylic acids is 1. The minimum absolute atomic E-state index is 0.00816. The largest absolute Gasteiger partial charge is 0.454 e. The van der Waals surface area contributed by atoms with E-state index in [1.807, 2.05) is 27.8 Å². The van der Waals surface area contributed by atoms with Gasteiger partial charge < -0.3 is 14.4 Å². The van der Waals surface area contributed by atoms with E-state index in [1.54, 1.807) is 6.33 Å². The Morgan fingerprint density at radius 1 is 1.04 bits per heavy atom. The van der Waals surface area contributed by atoms with Crippen molar-refractivity contribution in [3.63, 3.8) is 0 Å². The summed E-state index contributed by atoms with van der Waals surface area (Å²) < 4.78 is 12.8. The number of fused-ring (bicyclic) bond motifs is 1. The van der Waals surface area contributed by atoms with Gasteiger partial charge in [0.1, 0.15) is 12.2 Å². The average molecular weight is 368 g/mol. The topological polar surface area (TPSA) is 69.5 Å². The molecule has 0 spiro atoms. The van der Waals surface area contributed by atoms with Crippen molar-refractivity contribution in [2.75, 3.05) is 19.9 Å². The van der Waals surface area contributed by atoms with Crippen LogP contribution in [0.4, 0.5) is 0 Å². The Balaban J connectivity index is 1.46. The maximum Gasteiger partial charge on any atom is 0.231 e. The molecule has 142 valence electrons. The van der Waals surface area contributed by atoms with E-state index < -0.39 is 0 Å². The summed E-state index contributed by atoms with van der Waals surface area (Å²) in [5.41, 5.74) is 0.893. The van der Waals surface area contributed by atoms with E-state index in [-0.39, 0.29) is 18.6 Å². The monoisotopic (exact) mass is 368 g/mol. The molecule has 0 radical (unpaired) electrons. The lowest BCUT2D eigenvalue weighted by Crippen LogP contribution is -2.38. The van der Waals surface area contributed by atoms with E-state index >= 15 is 0 Å². The third kappa shape index (κ3) is 2.95. The number of hydrogen-bond donors (Lipinski definition) is 0. The van der Waals surface area contributed by atoms with E-state index in [0.29, 0.717) is 5.91 Å². The van der Waals surface area contributed by atoms with Crippen molar-refractivity contribution in [1.82, 2.24) is 19.7 Å². The maximum atomic E-state index is 13.1. The van der Waals surface area contributed by atoms with Crippen molar-refractivity contribution >= 4 is 5.91 Å². The SMILES string of the molecule is O=C([C@@H]1CCCC[C@@H]1c1ncnn1-c1ccc2c(c1)OCO2)N1CCCC1. The van der Waals surface area contributed by atoms with Crippen molar-refractivity contribution in [2.45, 2.75) is 44.4 Å². The molecule has 3 aliphatic rings. The van der Waals surface area contributed by atoms with E-state index in [0.717, 1.165) is 74.6 Å². The molecule has 5 rings (SSSR count). The highest BCUT2D eigenvalue weighted by atomic mass is 16.7. The van der Waals surface area contributed by atoms with Crippen LogP contribution in [0.15, 0.2) is 24.5 Å². The Bertz CT molecular complexity index is 844. The van der Waals surface area contributed by atoms with Gasteiger partial charge in [0.25, 0.3) is 0 Å². The molecular formula is C20H24N4O3. The van der Waals surface area contributed by atoms with Gasteiger partial charge in [-0.15, -0.1) is 0 Å². The summed E-state index contributed by atoms with van der Waals surface area (Å²) in [4.78, 5) is 19.8. The maximum absolute atomic E-state index is 13.1. The van der Waals surface area contributed by atoms with Crippen molar-refractivity contribution in [1.29, 1.82) is 0 Å².